The predicted molar refractivity (Wildman–Crippen MR) is 90.9 cm³/mol. The number of carbonyl (C=O) groups is 1. The van der Waals surface area contributed by atoms with E-state index in [2.05, 4.69) is 26.1 Å². The molecule has 0 aliphatic rings. The molecule has 0 spiro atoms. The lowest BCUT2D eigenvalue weighted by molar-refractivity contribution is -0.124. The van der Waals surface area contributed by atoms with Gasteiger partial charge in [0.1, 0.15) is 5.75 Å². The molecule has 22 heavy (non-hydrogen) atoms. The Morgan fingerprint density at radius 3 is 2.50 bits per heavy atom. The quantitative estimate of drug-likeness (QED) is 0.776. The number of methoxy groups -OCH3 is 1. The summed E-state index contributed by atoms with van der Waals surface area (Å²) in [5.41, 5.74) is 6.61. The topological polar surface area (TPSA) is 64.3 Å². The highest BCUT2D eigenvalue weighted by Crippen LogP contribution is 2.22. The lowest BCUT2D eigenvalue weighted by atomic mass is 9.88. The Balaban J connectivity index is 2.61. The van der Waals surface area contributed by atoms with E-state index >= 15 is 0 Å². The fourth-order valence-corrected chi connectivity index (χ4v) is 2.44. The van der Waals surface area contributed by atoms with Crippen LogP contribution < -0.4 is 15.8 Å². The Morgan fingerprint density at radius 1 is 1.32 bits per heavy atom. The SMILES string of the molecule is COc1ccccc1CC(C)CC(=O)NC(C)(CN)C(C)C. The van der Waals surface area contributed by atoms with Gasteiger partial charge in [-0.2, -0.15) is 0 Å². The van der Waals surface area contributed by atoms with Gasteiger partial charge in [-0.1, -0.05) is 39.0 Å². The molecule has 4 nitrogen and oxygen atoms in total. The van der Waals surface area contributed by atoms with E-state index in [-0.39, 0.29) is 17.4 Å². The van der Waals surface area contributed by atoms with Crippen molar-refractivity contribution in [2.24, 2.45) is 17.6 Å². The van der Waals surface area contributed by atoms with E-state index in [1.165, 1.54) is 0 Å². The maximum atomic E-state index is 12.3. The van der Waals surface area contributed by atoms with Crippen LogP contribution in [0.25, 0.3) is 0 Å². The second kappa shape index (κ2) is 8.18. The predicted octanol–water partition coefficient (Wildman–Crippen LogP) is 2.75. The highest BCUT2D eigenvalue weighted by atomic mass is 16.5. The van der Waals surface area contributed by atoms with Gasteiger partial charge in [-0.15, -0.1) is 0 Å². The van der Waals surface area contributed by atoms with Crippen molar-refractivity contribution in [1.82, 2.24) is 5.32 Å². The van der Waals surface area contributed by atoms with Gasteiger partial charge < -0.3 is 15.8 Å². The third-order valence-electron chi connectivity index (χ3n) is 4.42. The number of amides is 1. The van der Waals surface area contributed by atoms with Crippen molar-refractivity contribution in [3.05, 3.63) is 29.8 Å². The minimum Gasteiger partial charge on any atom is -0.496 e. The van der Waals surface area contributed by atoms with E-state index in [4.69, 9.17) is 10.5 Å². The number of para-hydroxylation sites is 1. The van der Waals surface area contributed by atoms with Crippen LogP contribution in [0.3, 0.4) is 0 Å². The van der Waals surface area contributed by atoms with Crippen LogP contribution in [-0.4, -0.2) is 25.1 Å². The lowest BCUT2D eigenvalue weighted by Crippen LogP contribution is -2.55. The molecule has 0 fully saturated rings. The fraction of sp³-hybridized carbons (Fsp3) is 0.611. The molecule has 0 aliphatic heterocycles. The molecule has 0 aliphatic carbocycles. The zero-order valence-electron chi connectivity index (χ0n) is 14.5. The summed E-state index contributed by atoms with van der Waals surface area (Å²) < 4.78 is 5.36. The van der Waals surface area contributed by atoms with Crippen LogP contribution >= 0.6 is 0 Å². The largest absolute Gasteiger partial charge is 0.496 e. The monoisotopic (exact) mass is 306 g/mol. The molecule has 1 aromatic carbocycles. The summed E-state index contributed by atoms with van der Waals surface area (Å²) in [6.07, 6.45) is 1.30. The number of hydrogen-bond acceptors (Lipinski definition) is 3. The molecule has 0 bridgehead atoms. The van der Waals surface area contributed by atoms with Crippen LogP contribution in [-0.2, 0) is 11.2 Å². The number of nitrogens with one attached hydrogen (secondary N) is 1. The summed E-state index contributed by atoms with van der Waals surface area (Å²) in [4.78, 5) is 12.3. The third kappa shape index (κ3) is 5.02. The summed E-state index contributed by atoms with van der Waals surface area (Å²) >= 11 is 0. The number of nitrogens with two attached hydrogens (primary N) is 1. The molecule has 124 valence electrons. The fourth-order valence-electron chi connectivity index (χ4n) is 2.44. The van der Waals surface area contributed by atoms with Crippen LogP contribution in [0, 0.1) is 11.8 Å². The maximum absolute atomic E-state index is 12.3. The number of benzene rings is 1. The minimum atomic E-state index is -0.346. The molecule has 3 N–H and O–H groups in total. The molecular formula is C18H30N2O2. The molecule has 4 heteroatoms. The van der Waals surface area contributed by atoms with Crippen LogP contribution in [0.5, 0.6) is 5.75 Å². The second-order valence-corrected chi connectivity index (χ2v) is 6.65. The number of rotatable bonds is 8. The van der Waals surface area contributed by atoms with Gasteiger partial charge in [0.25, 0.3) is 0 Å². The van der Waals surface area contributed by atoms with Crippen molar-refractivity contribution in [2.75, 3.05) is 13.7 Å². The summed E-state index contributed by atoms with van der Waals surface area (Å²) in [7, 11) is 1.67. The van der Waals surface area contributed by atoms with E-state index in [0.717, 1.165) is 17.7 Å². The number of carbonyl (C=O) groups excluding carboxylic acids is 1. The van der Waals surface area contributed by atoms with Gasteiger partial charge in [0.15, 0.2) is 0 Å². The van der Waals surface area contributed by atoms with Gasteiger partial charge in [-0.3, -0.25) is 4.79 Å². The van der Waals surface area contributed by atoms with E-state index < -0.39 is 0 Å². The molecule has 0 radical (unpaired) electrons. The highest BCUT2D eigenvalue weighted by molar-refractivity contribution is 5.77. The molecule has 0 saturated heterocycles. The van der Waals surface area contributed by atoms with Crippen molar-refractivity contribution in [3.8, 4) is 5.75 Å². The van der Waals surface area contributed by atoms with Crippen molar-refractivity contribution in [2.45, 2.75) is 46.1 Å². The van der Waals surface area contributed by atoms with E-state index in [9.17, 15) is 4.79 Å². The number of ether oxygens (including phenoxy) is 1. The Labute approximate surface area is 134 Å². The zero-order chi connectivity index (χ0) is 16.8. The third-order valence-corrected chi connectivity index (χ3v) is 4.42. The summed E-state index contributed by atoms with van der Waals surface area (Å²) in [6.45, 7) is 8.68. The Kier molecular flexibility index (Phi) is 6.88. The summed E-state index contributed by atoms with van der Waals surface area (Å²) in [5.74, 6) is 1.48. The Morgan fingerprint density at radius 2 is 1.95 bits per heavy atom. The van der Waals surface area contributed by atoms with Gasteiger partial charge in [-0.05, 0) is 36.8 Å². The van der Waals surface area contributed by atoms with Crippen LogP contribution in [0.1, 0.15) is 39.7 Å². The van der Waals surface area contributed by atoms with Crippen molar-refractivity contribution in [1.29, 1.82) is 0 Å². The average molecular weight is 306 g/mol. The van der Waals surface area contributed by atoms with Gasteiger partial charge >= 0.3 is 0 Å². The van der Waals surface area contributed by atoms with E-state index in [1.807, 2.05) is 31.2 Å². The van der Waals surface area contributed by atoms with Crippen LogP contribution in [0.4, 0.5) is 0 Å². The van der Waals surface area contributed by atoms with Crippen molar-refractivity contribution in [3.63, 3.8) is 0 Å². The molecule has 1 aromatic rings. The maximum Gasteiger partial charge on any atom is 0.220 e. The first-order chi connectivity index (χ1) is 10.3. The molecule has 1 amide bonds. The van der Waals surface area contributed by atoms with Crippen LogP contribution in [0.15, 0.2) is 24.3 Å². The van der Waals surface area contributed by atoms with E-state index in [1.54, 1.807) is 7.11 Å². The standard InChI is InChI=1S/C18H30N2O2/c1-13(2)18(4,12-19)20-17(21)11-14(3)10-15-8-6-7-9-16(15)22-5/h6-9,13-14H,10-12,19H2,1-5H3,(H,20,21). The van der Waals surface area contributed by atoms with E-state index in [0.29, 0.717) is 18.9 Å². The summed E-state index contributed by atoms with van der Waals surface area (Å²) in [6, 6.07) is 7.95. The minimum absolute atomic E-state index is 0.0593. The Hall–Kier alpha value is -1.55. The normalized spacial score (nSPS) is 15.2. The van der Waals surface area contributed by atoms with Crippen molar-refractivity contribution < 1.29 is 9.53 Å². The van der Waals surface area contributed by atoms with Gasteiger partial charge in [0, 0.05) is 13.0 Å². The first-order valence-corrected chi connectivity index (χ1v) is 7.95. The molecular weight excluding hydrogens is 276 g/mol. The second-order valence-electron chi connectivity index (χ2n) is 6.65. The smallest absolute Gasteiger partial charge is 0.220 e. The van der Waals surface area contributed by atoms with Gasteiger partial charge in [-0.25, -0.2) is 0 Å². The Bertz CT molecular complexity index is 488. The highest BCUT2D eigenvalue weighted by Gasteiger charge is 2.28. The zero-order valence-corrected chi connectivity index (χ0v) is 14.5. The van der Waals surface area contributed by atoms with Crippen LogP contribution in [0.2, 0.25) is 0 Å². The molecule has 0 saturated carbocycles. The molecule has 2 unspecified atom stereocenters. The van der Waals surface area contributed by atoms with Gasteiger partial charge in [0.05, 0.1) is 12.6 Å². The van der Waals surface area contributed by atoms with Crippen molar-refractivity contribution >= 4 is 5.91 Å². The first-order valence-electron chi connectivity index (χ1n) is 7.95. The molecule has 1 rings (SSSR count). The first kappa shape index (κ1) is 18.5. The molecule has 0 heterocycles. The number of hydrogen-bond donors (Lipinski definition) is 2. The lowest BCUT2D eigenvalue weighted by Gasteiger charge is -2.34. The molecule has 0 aromatic heterocycles. The summed E-state index contributed by atoms with van der Waals surface area (Å²) in [5, 5.41) is 3.09. The average Bonchev–Trinajstić information content (AvgIpc) is 2.47. The molecule has 2 atom stereocenters. The van der Waals surface area contributed by atoms with Gasteiger partial charge in [0.2, 0.25) is 5.91 Å².